The van der Waals surface area contributed by atoms with Crippen molar-refractivity contribution in [2.45, 2.75) is 289 Å². The average molecular weight is 975 g/mol. The maximum Gasteiger partial charge on any atom is 0.306 e. The molecule has 0 heterocycles. The van der Waals surface area contributed by atoms with Crippen molar-refractivity contribution < 1.29 is 24.5 Å². The van der Waals surface area contributed by atoms with E-state index in [1.54, 1.807) is 0 Å². The Morgan fingerprint density at radius 2 is 0.743 bits per heavy atom. The molecular weight excluding hydrogens is 863 g/mol. The molecule has 0 aromatic rings. The largest absolute Gasteiger partial charge is 0.462 e. The topological polar surface area (TPSA) is 95.9 Å². The summed E-state index contributed by atoms with van der Waals surface area (Å²) >= 11 is 0. The summed E-state index contributed by atoms with van der Waals surface area (Å²) < 4.78 is 5.92. The van der Waals surface area contributed by atoms with Crippen LogP contribution < -0.4 is 5.32 Å². The first-order chi connectivity index (χ1) is 34.5. The molecule has 0 aliphatic rings. The van der Waals surface area contributed by atoms with Gasteiger partial charge >= 0.3 is 5.97 Å². The van der Waals surface area contributed by atoms with E-state index < -0.39 is 18.2 Å². The summed E-state index contributed by atoms with van der Waals surface area (Å²) in [5, 5.41) is 23.9. The molecule has 0 spiro atoms. The molecule has 6 nitrogen and oxygen atoms in total. The number of hydrogen-bond donors (Lipinski definition) is 3. The number of hydrogen-bond acceptors (Lipinski definition) is 5. The summed E-state index contributed by atoms with van der Waals surface area (Å²) in [7, 11) is 0. The van der Waals surface area contributed by atoms with Gasteiger partial charge < -0.3 is 20.3 Å². The van der Waals surface area contributed by atoms with E-state index in [9.17, 15) is 19.8 Å². The van der Waals surface area contributed by atoms with Crippen LogP contribution in [-0.2, 0) is 14.3 Å². The van der Waals surface area contributed by atoms with E-state index in [2.05, 4.69) is 123 Å². The van der Waals surface area contributed by atoms with Gasteiger partial charge in [-0.2, -0.15) is 0 Å². The standard InChI is InChI=1S/C64H111NO5/c1-4-7-10-13-16-19-22-25-28-30-31-33-36-39-42-45-48-51-54-57-64(69)70-60(55-52-49-46-43-40-37-35-32-29-26-23-20-17-14-11-8-5-2)58-63(68)65-61(59-66)62(67)56-53-50-47-44-41-38-34-27-24-21-18-15-12-9-6-3/h16-17,19-20,25-26,28-29,31,33,35,37,39,42-43,46,60-62,66-67H,4-15,18,21-24,27,30,32,34,36,38,40-41,44-45,47-59H2,1-3H3,(H,65,68)/b19-16-,20-17-,28-25-,29-26-,33-31-,37-35-,42-39-,46-43-. The molecule has 0 aromatic carbocycles. The Morgan fingerprint density at radius 3 is 1.14 bits per heavy atom. The predicted octanol–water partition coefficient (Wildman–Crippen LogP) is 18.5. The number of amides is 1. The van der Waals surface area contributed by atoms with Crippen molar-refractivity contribution in [3.05, 3.63) is 97.2 Å². The Bertz CT molecular complexity index is 1370. The highest BCUT2D eigenvalue weighted by molar-refractivity contribution is 5.77. The van der Waals surface area contributed by atoms with Crippen molar-refractivity contribution in [2.75, 3.05) is 6.61 Å². The van der Waals surface area contributed by atoms with Gasteiger partial charge in [-0.1, -0.05) is 246 Å². The van der Waals surface area contributed by atoms with Crippen molar-refractivity contribution in [1.29, 1.82) is 0 Å². The van der Waals surface area contributed by atoms with Crippen molar-refractivity contribution in [3.8, 4) is 0 Å². The van der Waals surface area contributed by atoms with Crippen molar-refractivity contribution >= 4 is 11.9 Å². The number of aliphatic hydroxyl groups is 2. The summed E-state index contributed by atoms with van der Waals surface area (Å²) in [5.41, 5.74) is 0. The lowest BCUT2D eigenvalue weighted by Gasteiger charge is -2.24. The highest BCUT2D eigenvalue weighted by atomic mass is 16.5. The molecule has 1 amide bonds. The van der Waals surface area contributed by atoms with Gasteiger partial charge in [0, 0.05) is 6.42 Å². The summed E-state index contributed by atoms with van der Waals surface area (Å²) in [5.74, 6) is -0.565. The third kappa shape index (κ3) is 51.1. The zero-order valence-electron chi connectivity index (χ0n) is 45.9. The first kappa shape index (κ1) is 66.8. The molecule has 6 heteroatoms. The average Bonchev–Trinajstić information content (AvgIpc) is 3.35. The molecule has 402 valence electrons. The molecule has 0 saturated carbocycles. The number of rotatable bonds is 52. The Balaban J connectivity index is 4.73. The number of ether oxygens (including phenoxy) is 1. The molecule has 0 aliphatic heterocycles. The van der Waals surface area contributed by atoms with Gasteiger partial charge in [0.25, 0.3) is 0 Å². The SMILES string of the molecule is CCCCC/C=C\C/C=C\C/C=C\C/C=C\CCCCCC(=O)OC(CCC/C=C\C/C=C\C/C=C\C/C=C\CCCCC)CC(=O)NC(CO)C(O)CCCCCCCCCCCCCCCCC. The minimum Gasteiger partial charge on any atom is -0.462 e. The molecule has 3 unspecified atom stereocenters. The van der Waals surface area contributed by atoms with Gasteiger partial charge in [-0.25, -0.2) is 0 Å². The molecule has 0 fully saturated rings. The van der Waals surface area contributed by atoms with Gasteiger partial charge in [0.1, 0.15) is 6.10 Å². The maximum absolute atomic E-state index is 13.3. The van der Waals surface area contributed by atoms with Crippen LogP contribution in [0, 0.1) is 0 Å². The number of carbonyl (C=O) groups is 2. The number of esters is 1. The fourth-order valence-corrected chi connectivity index (χ4v) is 8.40. The molecule has 0 bridgehead atoms. The van der Waals surface area contributed by atoms with Gasteiger partial charge in [0.2, 0.25) is 5.91 Å². The first-order valence-corrected chi connectivity index (χ1v) is 29.5. The Morgan fingerprint density at radius 1 is 0.414 bits per heavy atom. The van der Waals surface area contributed by atoms with Crippen LogP contribution in [0.4, 0.5) is 0 Å². The van der Waals surface area contributed by atoms with Gasteiger partial charge in [-0.15, -0.1) is 0 Å². The van der Waals surface area contributed by atoms with Crippen molar-refractivity contribution in [2.24, 2.45) is 0 Å². The van der Waals surface area contributed by atoms with Crippen molar-refractivity contribution in [3.63, 3.8) is 0 Å². The number of unbranched alkanes of at least 4 members (excludes halogenated alkanes) is 24. The summed E-state index contributed by atoms with van der Waals surface area (Å²) in [6, 6.07) is -0.733. The number of nitrogens with one attached hydrogen (secondary N) is 1. The first-order valence-electron chi connectivity index (χ1n) is 29.5. The van der Waals surface area contributed by atoms with E-state index in [-0.39, 0.29) is 24.9 Å². The molecule has 0 radical (unpaired) electrons. The lowest BCUT2D eigenvalue weighted by molar-refractivity contribution is -0.151. The van der Waals surface area contributed by atoms with E-state index in [1.807, 2.05) is 0 Å². The Hall–Kier alpha value is -3.22. The summed E-state index contributed by atoms with van der Waals surface area (Å²) in [6.45, 7) is 6.42. The van der Waals surface area contributed by atoms with Gasteiger partial charge in [0.05, 0.1) is 25.2 Å². The monoisotopic (exact) mass is 974 g/mol. The van der Waals surface area contributed by atoms with Crippen LogP contribution >= 0.6 is 0 Å². The van der Waals surface area contributed by atoms with E-state index in [1.165, 1.54) is 128 Å². The smallest absolute Gasteiger partial charge is 0.306 e. The predicted molar refractivity (Wildman–Crippen MR) is 305 cm³/mol. The second-order valence-corrected chi connectivity index (χ2v) is 19.7. The lowest BCUT2D eigenvalue weighted by Crippen LogP contribution is -2.46. The zero-order chi connectivity index (χ0) is 50.9. The van der Waals surface area contributed by atoms with Crippen LogP contribution in [0.3, 0.4) is 0 Å². The third-order valence-electron chi connectivity index (χ3n) is 12.9. The van der Waals surface area contributed by atoms with E-state index in [0.29, 0.717) is 19.3 Å². The third-order valence-corrected chi connectivity index (χ3v) is 12.9. The molecule has 3 N–H and O–H groups in total. The molecular formula is C64H111NO5. The highest BCUT2D eigenvalue weighted by Gasteiger charge is 2.24. The minimum absolute atomic E-state index is 0.0224. The maximum atomic E-state index is 13.3. The summed E-state index contributed by atoms with van der Waals surface area (Å²) in [4.78, 5) is 26.3. The second kappa shape index (κ2) is 56.7. The van der Waals surface area contributed by atoms with Crippen LogP contribution in [-0.4, -0.2) is 46.9 Å². The molecule has 3 atom stereocenters. The molecule has 0 rings (SSSR count). The van der Waals surface area contributed by atoms with Gasteiger partial charge in [0.15, 0.2) is 0 Å². The van der Waals surface area contributed by atoms with Crippen LogP contribution in [0.2, 0.25) is 0 Å². The second-order valence-electron chi connectivity index (χ2n) is 19.7. The number of carbonyl (C=O) groups excluding carboxylic acids is 2. The van der Waals surface area contributed by atoms with Crippen LogP contribution in [0.25, 0.3) is 0 Å². The number of allylic oxidation sites excluding steroid dienone is 16. The number of aliphatic hydroxyl groups excluding tert-OH is 2. The lowest BCUT2D eigenvalue weighted by atomic mass is 10.0. The minimum atomic E-state index is -0.814. The van der Waals surface area contributed by atoms with Gasteiger partial charge in [-0.3, -0.25) is 9.59 Å². The van der Waals surface area contributed by atoms with Crippen LogP contribution in [0.15, 0.2) is 97.2 Å². The fourth-order valence-electron chi connectivity index (χ4n) is 8.40. The molecule has 0 aliphatic carbocycles. The van der Waals surface area contributed by atoms with Crippen molar-refractivity contribution in [1.82, 2.24) is 5.32 Å². The highest BCUT2D eigenvalue weighted by Crippen LogP contribution is 2.17. The van der Waals surface area contributed by atoms with E-state index >= 15 is 0 Å². The van der Waals surface area contributed by atoms with Gasteiger partial charge in [-0.05, 0) is 109 Å². The quantitative estimate of drug-likeness (QED) is 0.0321. The normalized spacial score (nSPS) is 13.8. The summed E-state index contributed by atoms with van der Waals surface area (Å²) in [6.07, 6.45) is 76.1. The van der Waals surface area contributed by atoms with E-state index in [0.717, 1.165) is 96.3 Å². The van der Waals surface area contributed by atoms with E-state index in [4.69, 9.17) is 4.74 Å². The van der Waals surface area contributed by atoms with Crippen LogP contribution in [0.1, 0.15) is 271 Å². The molecule has 70 heavy (non-hydrogen) atoms. The molecule has 0 aromatic heterocycles. The Kier molecular flexibility index (Phi) is 54.1. The fraction of sp³-hybridized carbons (Fsp3) is 0.719. The zero-order valence-corrected chi connectivity index (χ0v) is 45.9. The molecule has 0 saturated heterocycles. The van der Waals surface area contributed by atoms with Crippen LogP contribution in [0.5, 0.6) is 0 Å². The Labute approximate surface area is 433 Å².